The number of hydrogen-bond acceptors (Lipinski definition) is 4. The number of halogens is 3. The zero-order valence-electron chi connectivity index (χ0n) is 17.1. The van der Waals surface area contributed by atoms with Crippen molar-refractivity contribution in [2.45, 2.75) is 17.5 Å². The third-order valence-corrected chi connectivity index (χ3v) is 6.84. The van der Waals surface area contributed by atoms with Crippen molar-refractivity contribution < 1.29 is 4.79 Å². The van der Waals surface area contributed by atoms with E-state index < -0.39 is 0 Å². The summed E-state index contributed by atoms with van der Waals surface area (Å²) in [5, 5.41) is 16.0. The average Bonchev–Trinajstić information content (AvgIpc) is 3.22. The number of nitrogens with zero attached hydrogens (tertiary/aromatic N) is 3. The van der Waals surface area contributed by atoms with Gasteiger partial charge in [-0.2, -0.15) is 0 Å². The first-order valence-electron chi connectivity index (χ1n) is 9.87. The molecule has 0 saturated carbocycles. The molecule has 4 aromatic rings. The molecule has 0 unspecified atom stereocenters. The van der Waals surface area contributed by atoms with Crippen molar-refractivity contribution in [2.75, 3.05) is 5.32 Å². The smallest absolute Gasteiger partial charge is 0.319 e. The van der Waals surface area contributed by atoms with Crippen molar-refractivity contribution in [1.29, 1.82) is 0 Å². The van der Waals surface area contributed by atoms with E-state index >= 15 is 0 Å². The summed E-state index contributed by atoms with van der Waals surface area (Å²) >= 11 is 17.7. The fourth-order valence-corrected chi connectivity index (χ4v) is 4.69. The Morgan fingerprint density at radius 1 is 1.00 bits per heavy atom. The molecule has 3 aromatic carbocycles. The lowest BCUT2D eigenvalue weighted by molar-refractivity contribution is 0.251. The van der Waals surface area contributed by atoms with Crippen molar-refractivity contribution in [1.82, 2.24) is 20.1 Å². The molecule has 0 fully saturated rings. The standard InChI is InChI=1S/C23H18BrCl2N5OS/c24-17-8-4-5-9-19(17)28-22(32)27-13-21-29-30-23(33-14-15-6-2-1-3-7-15)31(21)20-12-16(25)10-11-18(20)26/h1-12H,13-14H2,(H2,27,28,32). The summed E-state index contributed by atoms with van der Waals surface area (Å²) in [6, 6.07) is 22.3. The quantitative estimate of drug-likeness (QED) is 0.239. The highest BCUT2D eigenvalue weighted by molar-refractivity contribution is 9.10. The van der Waals surface area contributed by atoms with E-state index in [1.54, 1.807) is 24.3 Å². The molecule has 2 amide bonds. The van der Waals surface area contributed by atoms with Gasteiger partial charge in [0, 0.05) is 15.2 Å². The Labute approximate surface area is 213 Å². The van der Waals surface area contributed by atoms with Gasteiger partial charge in [-0.1, -0.05) is 77.4 Å². The maximum absolute atomic E-state index is 12.5. The minimum atomic E-state index is -0.368. The number of benzene rings is 3. The Balaban J connectivity index is 1.56. The largest absolute Gasteiger partial charge is 0.331 e. The Morgan fingerprint density at radius 3 is 2.55 bits per heavy atom. The summed E-state index contributed by atoms with van der Waals surface area (Å²) in [5.74, 6) is 1.23. The third kappa shape index (κ3) is 6.09. The second-order valence-corrected chi connectivity index (χ2v) is 9.53. The first kappa shape index (κ1) is 23.6. The number of rotatable bonds is 7. The van der Waals surface area contributed by atoms with Gasteiger partial charge in [-0.3, -0.25) is 4.57 Å². The fraction of sp³-hybridized carbons (Fsp3) is 0.0870. The minimum Gasteiger partial charge on any atom is -0.331 e. The first-order chi connectivity index (χ1) is 16.0. The van der Waals surface area contributed by atoms with E-state index in [4.69, 9.17) is 23.2 Å². The van der Waals surface area contributed by atoms with Crippen LogP contribution < -0.4 is 10.6 Å². The molecule has 1 aromatic heterocycles. The van der Waals surface area contributed by atoms with Crippen LogP contribution in [0.4, 0.5) is 10.5 Å². The lowest BCUT2D eigenvalue weighted by atomic mass is 10.2. The normalized spacial score (nSPS) is 10.8. The lowest BCUT2D eigenvalue weighted by Crippen LogP contribution is -2.29. The fourth-order valence-electron chi connectivity index (χ4n) is 3.02. The van der Waals surface area contributed by atoms with Gasteiger partial charge in [0.25, 0.3) is 0 Å². The van der Waals surface area contributed by atoms with E-state index in [9.17, 15) is 4.79 Å². The van der Waals surface area contributed by atoms with Gasteiger partial charge in [0.2, 0.25) is 0 Å². The number of amides is 2. The first-order valence-corrected chi connectivity index (χ1v) is 12.4. The van der Waals surface area contributed by atoms with Gasteiger partial charge >= 0.3 is 6.03 Å². The van der Waals surface area contributed by atoms with Crippen LogP contribution in [0, 0.1) is 0 Å². The molecular weight excluding hydrogens is 545 g/mol. The Hall–Kier alpha value is -2.52. The second-order valence-electron chi connectivity index (χ2n) is 6.89. The predicted octanol–water partition coefficient (Wildman–Crippen LogP) is 6.95. The number of para-hydroxylation sites is 1. The molecule has 4 rings (SSSR count). The van der Waals surface area contributed by atoms with Crippen LogP contribution >= 0.6 is 50.9 Å². The monoisotopic (exact) mass is 561 g/mol. The number of urea groups is 1. The second kappa shape index (κ2) is 11.1. The van der Waals surface area contributed by atoms with E-state index in [0.29, 0.717) is 38.2 Å². The number of carbonyl (C=O) groups is 1. The molecule has 0 atom stereocenters. The Morgan fingerprint density at radius 2 is 1.76 bits per heavy atom. The van der Waals surface area contributed by atoms with Crippen LogP contribution in [0.2, 0.25) is 10.0 Å². The van der Waals surface area contributed by atoms with Gasteiger partial charge in [0.15, 0.2) is 11.0 Å². The van der Waals surface area contributed by atoms with E-state index in [2.05, 4.69) is 48.9 Å². The number of carbonyl (C=O) groups excluding carboxylic acids is 1. The number of thioether (sulfide) groups is 1. The zero-order chi connectivity index (χ0) is 23.2. The molecule has 168 valence electrons. The minimum absolute atomic E-state index is 0.137. The highest BCUT2D eigenvalue weighted by Gasteiger charge is 2.18. The summed E-state index contributed by atoms with van der Waals surface area (Å²) in [7, 11) is 0. The molecule has 0 aliphatic rings. The van der Waals surface area contributed by atoms with Crippen LogP contribution in [-0.2, 0) is 12.3 Å². The van der Waals surface area contributed by atoms with E-state index in [-0.39, 0.29) is 12.6 Å². The number of anilines is 1. The van der Waals surface area contributed by atoms with Gasteiger partial charge in [-0.15, -0.1) is 10.2 Å². The summed E-state index contributed by atoms with van der Waals surface area (Å²) in [5.41, 5.74) is 2.46. The van der Waals surface area contributed by atoms with Crippen molar-refractivity contribution in [2.24, 2.45) is 0 Å². The summed E-state index contributed by atoms with van der Waals surface area (Å²) in [4.78, 5) is 12.5. The van der Waals surface area contributed by atoms with Crippen molar-refractivity contribution in [3.05, 3.63) is 98.7 Å². The van der Waals surface area contributed by atoms with Crippen LogP contribution in [0.1, 0.15) is 11.4 Å². The van der Waals surface area contributed by atoms with Crippen molar-refractivity contribution in [3.63, 3.8) is 0 Å². The molecule has 0 radical (unpaired) electrons. The molecular formula is C23H18BrCl2N5OS. The summed E-state index contributed by atoms with van der Waals surface area (Å²) < 4.78 is 2.61. The number of hydrogen-bond donors (Lipinski definition) is 2. The average molecular weight is 563 g/mol. The van der Waals surface area contributed by atoms with Crippen LogP contribution in [0.25, 0.3) is 5.69 Å². The molecule has 10 heteroatoms. The summed E-state index contributed by atoms with van der Waals surface area (Å²) in [6.07, 6.45) is 0. The molecule has 0 spiro atoms. The highest BCUT2D eigenvalue weighted by Crippen LogP contribution is 2.31. The topological polar surface area (TPSA) is 71.8 Å². The lowest BCUT2D eigenvalue weighted by Gasteiger charge is -2.13. The third-order valence-electron chi connectivity index (χ3n) is 4.59. The SMILES string of the molecule is O=C(NCc1nnc(SCc2ccccc2)n1-c1cc(Cl)ccc1Cl)Nc1ccccc1Br. The van der Waals surface area contributed by atoms with Crippen LogP contribution in [0.15, 0.2) is 82.4 Å². The highest BCUT2D eigenvalue weighted by atomic mass is 79.9. The van der Waals surface area contributed by atoms with Crippen LogP contribution in [0.3, 0.4) is 0 Å². The maximum atomic E-state index is 12.5. The van der Waals surface area contributed by atoms with E-state index in [1.165, 1.54) is 11.8 Å². The van der Waals surface area contributed by atoms with Gasteiger partial charge < -0.3 is 10.6 Å². The molecule has 0 saturated heterocycles. The van der Waals surface area contributed by atoms with Gasteiger partial charge in [0.05, 0.1) is 22.9 Å². The maximum Gasteiger partial charge on any atom is 0.319 e. The molecule has 33 heavy (non-hydrogen) atoms. The molecule has 1 heterocycles. The Bertz CT molecular complexity index is 1270. The van der Waals surface area contributed by atoms with Crippen LogP contribution in [-0.4, -0.2) is 20.8 Å². The Kier molecular flexibility index (Phi) is 7.93. The van der Waals surface area contributed by atoms with Crippen molar-refractivity contribution >= 4 is 62.6 Å². The number of aromatic nitrogens is 3. The zero-order valence-corrected chi connectivity index (χ0v) is 21.0. The molecule has 2 N–H and O–H groups in total. The van der Waals surface area contributed by atoms with E-state index in [0.717, 1.165) is 10.0 Å². The predicted molar refractivity (Wildman–Crippen MR) is 137 cm³/mol. The van der Waals surface area contributed by atoms with Gasteiger partial charge in [-0.05, 0) is 51.8 Å². The van der Waals surface area contributed by atoms with Crippen molar-refractivity contribution in [3.8, 4) is 5.69 Å². The molecule has 0 aliphatic heterocycles. The molecule has 0 bridgehead atoms. The van der Waals surface area contributed by atoms with E-state index in [1.807, 2.05) is 41.0 Å². The molecule has 6 nitrogen and oxygen atoms in total. The number of nitrogens with one attached hydrogen (secondary N) is 2. The van der Waals surface area contributed by atoms with Crippen LogP contribution in [0.5, 0.6) is 0 Å². The summed E-state index contributed by atoms with van der Waals surface area (Å²) in [6.45, 7) is 0.137. The van der Waals surface area contributed by atoms with Gasteiger partial charge in [-0.25, -0.2) is 4.79 Å². The molecule has 0 aliphatic carbocycles. The van der Waals surface area contributed by atoms with Gasteiger partial charge in [0.1, 0.15) is 0 Å².